The Morgan fingerprint density at radius 1 is 1.70 bits per heavy atom. The SMILES string of the molecule is CC(F)(F)COCC(=O)O. The smallest absolute Gasteiger partial charge is 0.329 e. The van der Waals surface area contributed by atoms with Crippen LogP contribution in [0.1, 0.15) is 6.92 Å². The van der Waals surface area contributed by atoms with Gasteiger partial charge in [0.15, 0.2) is 0 Å². The van der Waals surface area contributed by atoms with Gasteiger partial charge in [0.25, 0.3) is 5.92 Å². The molecule has 0 atom stereocenters. The van der Waals surface area contributed by atoms with Gasteiger partial charge < -0.3 is 9.84 Å². The van der Waals surface area contributed by atoms with Gasteiger partial charge in [0, 0.05) is 6.92 Å². The van der Waals surface area contributed by atoms with Crippen molar-refractivity contribution in [2.75, 3.05) is 13.2 Å². The van der Waals surface area contributed by atoms with Crippen LogP contribution in [-0.2, 0) is 9.53 Å². The van der Waals surface area contributed by atoms with Crippen LogP contribution >= 0.6 is 0 Å². The topological polar surface area (TPSA) is 46.5 Å². The van der Waals surface area contributed by atoms with Crippen LogP contribution in [0.3, 0.4) is 0 Å². The van der Waals surface area contributed by atoms with Crippen LogP contribution in [0.25, 0.3) is 0 Å². The monoisotopic (exact) mass is 154 g/mol. The summed E-state index contributed by atoms with van der Waals surface area (Å²) in [6.45, 7) is -0.864. The summed E-state index contributed by atoms with van der Waals surface area (Å²) in [5.74, 6) is -4.20. The maximum atomic E-state index is 11.9. The Balaban J connectivity index is 3.29. The van der Waals surface area contributed by atoms with Crippen LogP contribution in [0.4, 0.5) is 8.78 Å². The van der Waals surface area contributed by atoms with E-state index >= 15 is 0 Å². The molecule has 10 heavy (non-hydrogen) atoms. The van der Waals surface area contributed by atoms with Gasteiger partial charge in [-0.2, -0.15) is 0 Å². The second-order valence-corrected chi connectivity index (χ2v) is 1.96. The number of carbonyl (C=O) groups is 1. The zero-order valence-corrected chi connectivity index (χ0v) is 5.43. The van der Waals surface area contributed by atoms with Crippen molar-refractivity contribution in [3.05, 3.63) is 0 Å². The lowest BCUT2D eigenvalue weighted by molar-refractivity contribution is -0.146. The van der Waals surface area contributed by atoms with Gasteiger partial charge in [-0.05, 0) is 0 Å². The van der Waals surface area contributed by atoms with Gasteiger partial charge in [-0.15, -0.1) is 0 Å². The molecule has 0 aromatic heterocycles. The number of carboxylic acid groups (broad SMARTS) is 1. The summed E-state index contributed by atoms with van der Waals surface area (Å²) in [5.41, 5.74) is 0. The predicted octanol–water partition coefficient (Wildman–Crippen LogP) is 0.743. The molecule has 0 rings (SSSR count). The van der Waals surface area contributed by atoms with Crippen molar-refractivity contribution in [2.45, 2.75) is 12.8 Å². The summed E-state index contributed by atoms with van der Waals surface area (Å²) < 4.78 is 27.8. The van der Waals surface area contributed by atoms with Crippen LogP contribution in [0, 0.1) is 0 Å². The molecule has 0 spiro atoms. The number of ether oxygens (including phenoxy) is 1. The van der Waals surface area contributed by atoms with E-state index in [1.807, 2.05) is 0 Å². The normalized spacial score (nSPS) is 11.5. The van der Waals surface area contributed by atoms with Crippen molar-refractivity contribution in [1.29, 1.82) is 0 Å². The van der Waals surface area contributed by atoms with E-state index in [1.165, 1.54) is 0 Å². The highest BCUT2D eigenvalue weighted by atomic mass is 19.3. The Labute approximate surface area is 56.6 Å². The fourth-order valence-corrected chi connectivity index (χ4v) is 0.318. The summed E-state index contributed by atoms with van der Waals surface area (Å²) in [5, 5.41) is 7.94. The molecule has 3 nitrogen and oxygen atoms in total. The Morgan fingerprint density at radius 2 is 2.20 bits per heavy atom. The third-order valence-corrected chi connectivity index (χ3v) is 0.581. The van der Waals surface area contributed by atoms with Crippen molar-refractivity contribution in [1.82, 2.24) is 0 Å². The molecule has 0 aliphatic heterocycles. The van der Waals surface area contributed by atoms with E-state index in [0.717, 1.165) is 0 Å². The van der Waals surface area contributed by atoms with Crippen molar-refractivity contribution < 1.29 is 23.4 Å². The van der Waals surface area contributed by atoms with E-state index in [1.54, 1.807) is 0 Å². The van der Waals surface area contributed by atoms with Crippen LogP contribution in [-0.4, -0.2) is 30.2 Å². The van der Waals surface area contributed by atoms with Crippen LogP contribution < -0.4 is 0 Å². The van der Waals surface area contributed by atoms with Gasteiger partial charge in [0.1, 0.15) is 13.2 Å². The minimum atomic E-state index is -2.95. The van der Waals surface area contributed by atoms with E-state index < -0.39 is 25.1 Å². The molecule has 0 aliphatic carbocycles. The summed E-state index contributed by atoms with van der Waals surface area (Å²) in [6.07, 6.45) is 0. The number of alkyl halides is 2. The highest BCUT2D eigenvalue weighted by Crippen LogP contribution is 2.10. The molecule has 0 aromatic rings. The first kappa shape index (κ1) is 9.29. The van der Waals surface area contributed by atoms with Gasteiger partial charge in [-0.25, -0.2) is 13.6 Å². The first-order valence-corrected chi connectivity index (χ1v) is 2.59. The van der Waals surface area contributed by atoms with E-state index in [-0.39, 0.29) is 0 Å². The van der Waals surface area contributed by atoms with Gasteiger partial charge >= 0.3 is 5.97 Å². The third kappa shape index (κ3) is 7.29. The Bertz CT molecular complexity index is 119. The molecule has 0 amide bonds. The molecule has 60 valence electrons. The molecule has 0 aliphatic rings. The molecular weight excluding hydrogens is 146 g/mol. The van der Waals surface area contributed by atoms with Crippen molar-refractivity contribution in [2.24, 2.45) is 0 Å². The van der Waals surface area contributed by atoms with Gasteiger partial charge in [0.05, 0.1) is 0 Å². The third-order valence-electron chi connectivity index (χ3n) is 0.581. The Kier molecular flexibility index (Phi) is 3.21. The minimum Gasteiger partial charge on any atom is -0.480 e. The zero-order chi connectivity index (χ0) is 8.20. The van der Waals surface area contributed by atoms with Crippen molar-refractivity contribution in [3.8, 4) is 0 Å². The van der Waals surface area contributed by atoms with Gasteiger partial charge in [0.2, 0.25) is 0 Å². The quantitative estimate of drug-likeness (QED) is 0.649. The molecular formula is C5H8F2O3. The van der Waals surface area contributed by atoms with E-state index in [4.69, 9.17) is 5.11 Å². The number of hydrogen-bond donors (Lipinski definition) is 1. The number of hydrogen-bond acceptors (Lipinski definition) is 2. The summed E-state index contributed by atoms with van der Waals surface area (Å²) in [4.78, 5) is 9.72. The van der Waals surface area contributed by atoms with Gasteiger partial charge in [-0.3, -0.25) is 0 Å². The molecule has 1 N–H and O–H groups in total. The molecule has 5 heteroatoms. The lowest BCUT2D eigenvalue weighted by Gasteiger charge is -2.08. The van der Waals surface area contributed by atoms with Crippen molar-refractivity contribution in [3.63, 3.8) is 0 Å². The van der Waals surface area contributed by atoms with Crippen molar-refractivity contribution >= 4 is 5.97 Å². The lowest BCUT2D eigenvalue weighted by atomic mass is 10.4. The maximum Gasteiger partial charge on any atom is 0.329 e. The highest BCUT2D eigenvalue weighted by molar-refractivity contribution is 5.67. The van der Waals surface area contributed by atoms with E-state index in [9.17, 15) is 13.6 Å². The first-order chi connectivity index (χ1) is 4.42. The number of carboxylic acids is 1. The summed E-state index contributed by atoms with van der Waals surface area (Å²) in [7, 11) is 0. The fraction of sp³-hybridized carbons (Fsp3) is 0.800. The molecule has 0 saturated heterocycles. The average Bonchev–Trinajstić information content (AvgIpc) is 1.59. The minimum absolute atomic E-state index is 0.662. The maximum absolute atomic E-state index is 11.9. The molecule has 0 bridgehead atoms. The van der Waals surface area contributed by atoms with Gasteiger partial charge in [-0.1, -0.05) is 0 Å². The van der Waals surface area contributed by atoms with E-state index in [0.29, 0.717) is 6.92 Å². The highest BCUT2D eigenvalue weighted by Gasteiger charge is 2.21. The average molecular weight is 154 g/mol. The van der Waals surface area contributed by atoms with Crippen LogP contribution in [0.15, 0.2) is 0 Å². The molecule has 0 fully saturated rings. The lowest BCUT2D eigenvalue weighted by Crippen LogP contribution is -2.21. The van der Waals surface area contributed by atoms with Crippen LogP contribution in [0.2, 0.25) is 0 Å². The standard InChI is InChI=1S/C5H8F2O3/c1-5(6,7)3-10-2-4(8)9/h2-3H2,1H3,(H,8,9). The fourth-order valence-electron chi connectivity index (χ4n) is 0.318. The predicted molar refractivity (Wildman–Crippen MR) is 29.1 cm³/mol. The number of halogens is 2. The Hall–Kier alpha value is -0.710. The first-order valence-electron chi connectivity index (χ1n) is 2.59. The largest absolute Gasteiger partial charge is 0.480 e. The Morgan fingerprint density at radius 3 is 2.50 bits per heavy atom. The zero-order valence-electron chi connectivity index (χ0n) is 5.43. The summed E-state index contributed by atoms with van der Waals surface area (Å²) >= 11 is 0. The molecule has 0 aromatic carbocycles. The number of rotatable bonds is 4. The van der Waals surface area contributed by atoms with E-state index in [2.05, 4.69) is 4.74 Å². The molecule has 0 heterocycles. The molecule has 0 unspecified atom stereocenters. The number of aliphatic carboxylic acids is 1. The summed E-state index contributed by atoms with van der Waals surface area (Å²) in [6, 6.07) is 0. The van der Waals surface area contributed by atoms with Crippen LogP contribution in [0.5, 0.6) is 0 Å². The molecule has 0 radical (unpaired) electrons. The molecule has 0 saturated carbocycles. The second kappa shape index (κ2) is 3.46. The second-order valence-electron chi connectivity index (χ2n) is 1.96.